The number of morpholine rings is 1. The molecule has 1 aromatic carbocycles. The fourth-order valence-electron chi connectivity index (χ4n) is 3.39. The van der Waals surface area contributed by atoms with Gasteiger partial charge < -0.3 is 9.64 Å². The van der Waals surface area contributed by atoms with Gasteiger partial charge >= 0.3 is 0 Å². The number of nitrogens with zero attached hydrogens (tertiary/aromatic N) is 4. The van der Waals surface area contributed by atoms with Crippen molar-refractivity contribution in [1.29, 1.82) is 0 Å². The van der Waals surface area contributed by atoms with Gasteiger partial charge in [-0.3, -0.25) is 9.59 Å². The molecule has 8 heteroatoms. The second kappa shape index (κ2) is 8.54. The minimum absolute atomic E-state index is 0.121. The molecule has 0 aliphatic carbocycles. The first kappa shape index (κ1) is 19.9. The van der Waals surface area contributed by atoms with E-state index in [2.05, 4.69) is 10.1 Å². The maximum Gasteiger partial charge on any atom is 0.267 e. The Balaban J connectivity index is 1.50. The first-order valence-electron chi connectivity index (χ1n) is 9.66. The van der Waals surface area contributed by atoms with Crippen LogP contribution in [0.25, 0.3) is 11.3 Å². The highest BCUT2D eigenvalue weighted by atomic mass is 19.1. The number of aromatic nitrogens is 3. The Morgan fingerprint density at radius 1 is 1.20 bits per heavy atom. The van der Waals surface area contributed by atoms with Crippen molar-refractivity contribution < 1.29 is 13.9 Å². The molecular formula is C22H21FN4O3. The molecule has 30 heavy (non-hydrogen) atoms. The molecular weight excluding hydrogens is 387 g/mol. The lowest BCUT2D eigenvalue weighted by Crippen LogP contribution is -2.45. The first-order valence-corrected chi connectivity index (χ1v) is 9.66. The number of halogens is 1. The second-order valence-corrected chi connectivity index (χ2v) is 7.13. The molecule has 1 atom stereocenters. The molecule has 0 saturated carbocycles. The lowest BCUT2D eigenvalue weighted by molar-refractivity contribution is -0.140. The zero-order valence-corrected chi connectivity index (χ0v) is 16.5. The first-order chi connectivity index (χ1) is 14.5. The van der Waals surface area contributed by atoms with Gasteiger partial charge in [-0.15, -0.1) is 0 Å². The molecule has 1 amide bonds. The van der Waals surface area contributed by atoms with Crippen molar-refractivity contribution in [2.45, 2.75) is 19.6 Å². The summed E-state index contributed by atoms with van der Waals surface area (Å²) in [5.74, 6) is -0.532. The standard InChI is InChI=1S/C22H21FN4O3/c1-15-8-9-21(28)27(25-15)14-22(29)26-10-11-30-20(13-26)19-7-3-6-18(24-19)16-4-2-5-17(23)12-16/h2-9,12,20H,10-11,13-14H2,1H3/t20-/m0/s1. The molecule has 1 aliphatic heterocycles. The minimum atomic E-state index is -0.404. The summed E-state index contributed by atoms with van der Waals surface area (Å²) < 4.78 is 20.6. The lowest BCUT2D eigenvalue weighted by atomic mass is 10.1. The number of ether oxygens (including phenoxy) is 1. The number of amides is 1. The number of carbonyl (C=O) groups is 1. The van der Waals surface area contributed by atoms with Crippen LogP contribution in [0.5, 0.6) is 0 Å². The zero-order chi connectivity index (χ0) is 21.1. The van der Waals surface area contributed by atoms with Crippen molar-refractivity contribution >= 4 is 5.91 Å². The summed E-state index contributed by atoms with van der Waals surface area (Å²) in [4.78, 5) is 31.0. The Kier molecular flexibility index (Phi) is 5.67. The number of carbonyl (C=O) groups excluding carboxylic acids is 1. The SMILES string of the molecule is Cc1ccc(=O)n(CC(=O)N2CCO[C@H](c3cccc(-c4cccc(F)c4)n3)C2)n1. The van der Waals surface area contributed by atoms with E-state index in [1.807, 2.05) is 12.1 Å². The summed E-state index contributed by atoms with van der Waals surface area (Å²) >= 11 is 0. The van der Waals surface area contributed by atoms with Gasteiger partial charge in [0.1, 0.15) is 18.5 Å². The van der Waals surface area contributed by atoms with Gasteiger partial charge in [0, 0.05) is 18.2 Å². The van der Waals surface area contributed by atoms with E-state index in [-0.39, 0.29) is 23.8 Å². The molecule has 1 saturated heterocycles. The van der Waals surface area contributed by atoms with E-state index >= 15 is 0 Å². The van der Waals surface area contributed by atoms with Crippen LogP contribution in [-0.2, 0) is 16.1 Å². The summed E-state index contributed by atoms with van der Waals surface area (Å²) in [7, 11) is 0. The summed E-state index contributed by atoms with van der Waals surface area (Å²) in [5, 5.41) is 4.12. The maximum absolute atomic E-state index is 13.6. The third-order valence-corrected chi connectivity index (χ3v) is 4.93. The maximum atomic E-state index is 13.6. The molecule has 0 unspecified atom stereocenters. The van der Waals surface area contributed by atoms with Crippen LogP contribution in [0.15, 0.2) is 59.4 Å². The number of rotatable bonds is 4. The van der Waals surface area contributed by atoms with Crippen LogP contribution >= 0.6 is 0 Å². The molecule has 154 valence electrons. The Labute approximate surface area is 172 Å². The summed E-state index contributed by atoms with van der Waals surface area (Å²) in [6.07, 6.45) is -0.404. The van der Waals surface area contributed by atoms with Crippen molar-refractivity contribution in [2.24, 2.45) is 0 Å². The van der Waals surface area contributed by atoms with Crippen LogP contribution in [0.4, 0.5) is 4.39 Å². The van der Waals surface area contributed by atoms with E-state index in [4.69, 9.17) is 4.74 Å². The molecule has 7 nitrogen and oxygen atoms in total. The Bertz CT molecular complexity index is 1130. The van der Waals surface area contributed by atoms with Crippen LogP contribution in [0.2, 0.25) is 0 Å². The molecule has 0 radical (unpaired) electrons. The van der Waals surface area contributed by atoms with Gasteiger partial charge in [-0.1, -0.05) is 18.2 Å². The fourth-order valence-corrected chi connectivity index (χ4v) is 3.39. The Morgan fingerprint density at radius 2 is 2.03 bits per heavy atom. The van der Waals surface area contributed by atoms with Crippen molar-refractivity contribution in [2.75, 3.05) is 19.7 Å². The highest BCUT2D eigenvalue weighted by Gasteiger charge is 2.27. The van der Waals surface area contributed by atoms with Gasteiger partial charge in [-0.05, 0) is 37.3 Å². The highest BCUT2D eigenvalue weighted by Crippen LogP contribution is 2.24. The predicted molar refractivity (Wildman–Crippen MR) is 108 cm³/mol. The van der Waals surface area contributed by atoms with Gasteiger partial charge in [0.25, 0.3) is 5.56 Å². The van der Waals surface area contributed by atoms with Crippen LogP contribution in [0.1, 0.15) is 17.5 Å². The van der Waals surface area contributed by atoms with E-state index in [0.29, 0.717) is 42.3 Å². The van der Waals surface area contributed by atoms with E-state index in [1.54, 1.807) is 36.1 Å². The largest absolute Gasteiger partial charge is 0.368 e. The van der Waals surface area contributed by atoms with E-state index < -0.39 is 6.10 Å². The van der Waals surface area contributed by atoms with Crippen molar-refractivity contribution in [3.05, 3.63) is 82.2 Å². The van der Waals surface area contributed by atoms with Gasteiger partial charge in [0.15, 0.2) is 0 Å². The molecule has 0 spiro atoms. The van der Waals surface area contributed by atoms with Crippen LogP contribution in [0.3, 0.4) is 0 Å². The van der Waals surface area contributed by atoms with Gasteiger partial charge in [0.05, 0.1) is 30.2 Å². The molecule has 4 rings (SSSR count). The topological polar surface area (TPSA) is 77.3 Å². The normalized spacial score (nSPS) is 16.5. The zero-order valence-electron chi connectivity index (χ0n) is 16.5. The van der Waals surface area contributed by atoms with E-state index in [0.717, 1.165) is 0 Å². The van der Waals surface area contributed by atoms with E-state index in [1.165, 1.54) is 22.9 Å². The monoisotopic (exact) mass is 408 g/mol. The van der Waals surface area contributed by atoms with Gasteiger partial charge in [0.2, 0.25) is 5.91 Å². The molecule has 3 aromatic rings. The van der Waals surface area contributed by atoms with Crippen molar-refractivity contribution in [3.63, 3.8) is 0 Å². The van der Waals surface area contributed by atoms with Crippen molar-refractivity contribution in [3.8, 4) is 11.3 Å². The number of hydrogen-bond donors (Lipinski definition) is 0. The molecule has 1 aliphatic rings. The lowest BCUT2D eigenvalue weighted by Gasteiger charge is -2.32. The molecule has 3 heterocycles. The number of hydrogen-bond acceptors (Lipinski definition) is 5. The number of benzene rings is 1. The van der Waals surface area contributed by atoms with Crippen LogP contribution in [-0.4, -0.2) is 45.3 Å². The third-order valence-electron chi connectivity index (χ3n) is 4.93. The molecule has 0 bridgehead atoms. The highest BCUT2D eigenvalue weighted by molar-refractivity contribution is 5.76. The molecule has 0 N–H and O–H groups in total. The number of pyridine rings is 1. The second-order valence-electron chi connectivity index (χ2n) is 7.13. The van der Waals surface area contributed by atoms with Crippen molar-refractivity contribution in [1.82, 2.24) is 19.7 Å². The van der Waals surface area contributed by atoms with Gasteiger partial charge in [-0.2, -0.15) is 5.10 Å². The average molecular weight is 408 g/mol. The minimum Gasteiger partial charge on any atom is -0.368 e. The summed E-state index contributed by atoms with van der Waals surface area (Å²) in [6, 6.07) is 14.7. The summed E-state index contributed by atoms with van der Waals surface area (Å²) in [5.41, 5.74) is 2.32. The molecule has 2 aromatic heterocycles. The van der Waals surface area contributed by atoms with Gasteiger partial charge in [-0.25, -0.2) is 14.1 Å². The summed E-state index contributed by atoms with van der Waals surface area (Å²) in [6.45, 7) is 2.75. The average Bonchev–Trinajstić information content (AvgIpc) is 2.76. The Hall–Kier alpha value is -3.39. The molecule has 1 fully saturated rings. The fraction of sp³-hybridized carbons (Fsp3) is 0.273. The quantitative estimate of drug-likeness (QED) is 0.662. The smallest absolute Gasteiger partial charge is 0.267 e. The number of aryl methyl sites for hydroxylation is 1. The Morgan fingerprint density at radius 3 is 2.87 bits per heavy atom. The van der Waals surface area contributed by atoms with Crippen LogP contribution < -0.4 is 5.56 Å². The third kappa shape index (κ3) is 4.44. The van der Waals surface area contributed by atoms with Crippen LogP contribution in [0, 0.1) is 12.7 Å². The van der Waals surface area contributed by atoms with E-state index in [9.17, 15) is 14.0 Å². The predicted octanol–water partition coefficient (Wildman–Crippen LogP) is 2.35.